The van der Waals surface area contributed by atoms with Crippen LogP contribution in [0, 0.1) is 0 Å². The van der Waals surface area contributed by atoms with Crippen LogP contribution in [0.15, 0.2) is 36.4 Å². The third-order valence-corrected chi connectivity index (χ3v) is 6.06. The van der Waals surface area contributed by atoms with E-state index in [1.54, 1.807) is 0 Å². The molecule has 0 spiro atoms. The lowest BCUT2D eigenvalue weighted by molar-refractivity contribution is -0.141. The van der Waals surface area contributed by atoms with Gasteiger partial charge in [0.2, 0.25) is 0 Å². The number of ether oxygens (including phenoxy) is 1. The van der Waals surface area contributed by atoms with E-state index in [0.29, 0.717) is 25.9 Å². The number of hydrogen-bond acceptors (Lipinski definition) is 4. The number of aromatic hydroxyl groups is 1. The monoisotopic (exact) mass is 519 g/mol. The van der Waals surface area contributed by atoms with Gasteiger partial charge in [-0.05, 0) is 61.8 Å². The third kappa shape index (κ3) is 5.20. The average Bonchev–Trinajstić information content (AvgIpc) is 3.17. The lowest BCUT2D eigenvalue weighted by Crippen LogP contribution is -2.34. The highest BCUT2D eigenvalue weighted by Gasteiger charge is 2.36. The maximum atomic E-state index is 13.5. The highest BCUT2D eigenvalue weighted by atomic mass is 35.5. The fourth-order valence-corrected chi connectivity index (χ4v) is 4.23. The van der Waals surface area contributed by atoms with Crippen LogP contribution in [0.1, 0.15) is 24.1 Å². The summed E-state index contributed by atoms with van der Waals surface area (Å²) < 4.78 is 87.1. The van der Waals surface area contributed by atoms with Crippen LogP contribution in [0.5, 0.6) is 11.5 Å². The molecule has 5 nitrogen and oxygen atoms in total. The van der Waals surface area contributed by atoms with Crippen molar-refractivity contribution in [2.75, 3.05) is 13.1 Å². The summed E-state index contributed by atoms with van der Waals surface area (Å²) in [6, 6.07) is 6.65. The topological polar surface area (TPSA) is 59.3 Å². The van der Waals surface area contributed by atoms with Crippen LogP contribution in [0.4, 0.5) is 26.3 Å². The first-order valence-corrected chi connectivity index (χ1v) is 11.0. The zero-order valence-electron chi connectivity index (χ0n) is 18.3. The molecular formula is C23H20ClF6N3O2. The molecule has 0 saturated carbocycles. The molecule has 0 amide bonds. The van der Waals surface area contributed by atoms with Crippen molar-refractivity contribution >= 4 is 11.6 Å². The van der Waals surface area contributed by atoms with Crippen LogP contribution >= 0.6 is 11.6 Å². The molecule has 0 radical (unpaired) electrons. The quantitative estimate of drug-likeness (QED) is 0.398. The Hall–Kier alpha value is -2.92. The number of nitrogens with one attached hydrogen (secondary N) is 1. The average molecular weight is 520 g/mol. The Morgan fingerprint density at radius 2 is 1.71 bits per heavy atom. The van der Waals surface area contributed by atoms with Crippen LogP contribution in [0.25, 0.3) is 22.4 Å². The molecule has 3 aromatic rings. The fraction of sp³-hybridized carbons (Fsp3) is 0.348. The molecule has 1 aliphatic heterocycles. The zero-order valence-corrected chi connectivity index (χ0v) is 19.0. The maximum Gasteiger partial charge on any atom is 0.435 e. The minimum absolute atomic E-state index is 0.0494. The predicted octanol–water partition coefficient (Wildman–Crippen LogP) is 6.28. The van der Waals surface area contributed by atoms with Crippen molar-refractivity contribution in [3.63, 3.8) is 0 Å². The van der Waals surface area contributed by atoms with Gasteiger partial charge in [-0.3, -0.25) is 4.68 Å². The molecule has 12 heteroatoms. The number of rotatable bonds is 4. The van der Waals surface area contributed by atoms with Gasteiger partial charge >= 0.3 is 12.4 Å². The van der Waals surface area contributed by atoms with Gasteiger partial charge in [-0.15, -0.1) is 0 Å². The van der Waals surface area contributed by atoms with E-state index in [1.165, 1.54) is 25.2 Å². The first kappa shape index (κ1) is 25.2. The van der Waals surface area contributed by atoms with Crippen LogP contribution < -0.4 is 10.1 Å². The third-order valence-electron chi connectivity index (χ3n) is 5.73. The summed E-state index contributed by atoms with van der Waals surface area (Å²) in [5, 5.41) is 17.3. The largest absolute Gasteiger partial charge is 0.506 e. The number of benzene rings is 2. The Morgan fingerprint density at radius 1 is 1.03 bits per heavy atom. The van der Waals surface area contributed by atoms with E-state index >= 15 is 0 Å². The number of nitrogens with zero attached hydrogens (tertiary/aromatic N) is 2. The highest BCUT2D eigenvalue weighted by Crippen LogP contribution is 2.47. The SMILES string of the molecule is Cn1nc(C(F)(F)F)cc1-c1ccc(OC2CCNCC2)c(-c2ccc(Cl)c(C(F)(F)F)c2)c1O. The summed E-state index contributed by atoms with van der Waals surface area (Å²) in [6.07, 6.45) is -8.48. The molecule has 0 bridgehead atoms. The van der Waals surface area contributed by atoms with Crippen molar-refractivity contribution in [2.24, 2.45) is 7.05 Å². The second-order valence-electron chi connectivity index (χ2n) is 8.13. The molecule has 1 aromatic heterocycles. The normalized spacial score (nSPS) is 15.4. The maximum absolute atomic E-state index is 13.5. The van der Waals surface area contributed by atoms with Gasteiger partial charge in [0, 0.05) is 12.6 Å². The summed E-state index contributed by atoms with van der Waals surface area (Å²) in [7, 11) is 1.27. The van der Waals surface area contributed by atoms with Gasteiger partial charge in [0.25, 0.3) is 0 Å². The van der Waals surface area contributed by atoms with Crippen molar-refractivity contribution in [1.29, 1.82) is 0 Å². The van der Waals surface area contributed by atoms with Crippen molar-refractivity contribution in [3.05, 3.63) is 52.7 Å². The number of phenolic OH excluding ortho intramolecular Hbond substituents is 1. The Balaban J connectivity index is 1.89. The molecule has 1 fully saturated rings. The molecule has 1 saturated heterocycles. The number of aryl methyl sites for hydroxylation is 1. The standard InChI is InChI=1S/C23H20ClF6N3O2/c1-33-17(11-19(32-33)23(28,29)30)14-3-5-18(35-13-6-8-31-9-7-13)20(21(14)34)12-2-4-16(24)15(10-12)22(25,26)27/h2-5,10-11,13,31,34H,6-9H2,1H3. The summed E-state index contributed by atoms with van der Waals surface area (Å²) in [5.41, 5.74) is -2.55. The van der Waals surface area contributed by atoms with Crippen LogP contribution in [-0.2, 0) is 19.4 Å². The molecule has 2 N–H and O–H groups in total. The molecule has 35 heavy (non-hydrogen) atoms. The first-order chi connectivity index (χ1) is 16.4. The predicted molar refractivity (Wildman–Crippen MR) is 117 cm³/mol. The van der Waals surface area contributed by atoms with Gasteiger partial charge in [-0.25, -0.2) is 0 Å². The number of alkyl halides is 6. The minimum Gasteiger partial charge on any atom is -0.506 e. The minimum atomic E-state index is -4.76. The summed E-state index contributed by atoms with van der Waals surface area (Å²) in [5.74, 6) is -0.435. The zero-order chi connectivity index (χ0) is 25.5. The highest BCUT2D eigenvalue weighted by molar-refractivity contribution is 6.31. The Bertz CT molecular complexity index is 1230. The van der Waals surface area contributed by atoms with E-state index < -0.39 is 34.4 Å². The molecule has 0 aliphatic carbocycles. The van der Waals surface area contributed by atoms with E-state index in [2.05, 4.69) is 10.4 Å². The van der Waals surface area contributed by atoms with Crippen molar-refractivity contribution < 1.29 is 36.2 Å². The number of phenols is 1. The van der Waals surface area contributed by atoms with E-state index in [9.17, 15) is 31.4 Å². The second-order valence-corrected chi connectivity index (χ2v) is 8.54. The van der Waals surface area contributed by atoms with Gasteiger partial charge in [-0.2, -0.15) is 31.4 Å². The molecular weight excluding hydrogens is 500 g/mol. The molecule has 188 valence electrons. The van der Waals surface area contributed by atoms with Crippen LogP contribution in [0.2, 0.25) is 5.02 Å². The lowest BCUT2D eigenvalue weighted by atomic mass is 9.96. The van der Waals surface area contributed by atoms with Gasteiger partial charge in [0.15, 0.2) is 5.69 Å². The summed E-state index contributed by atoms with van der Waals surface area (Å²) in [6.45, 7) is 1.36. The van der Waals surface area contributed by atoms with Gasteiger partial charge in [0.05, 0.1) is 21.8 Å². The molecule has 0 unspecified atom stereocenters. The number of hydrogen-bond donors (Lipinski definition) is 2. The molecule has 2 heterocycles. The van der Waals surface area contributed by atoms with Crippen molar-refractivity contribution in [1.82, 2.24) is 15.1 Å². The Labute approximate surface area is 201 Å². The van der Waals surface area contributed by atoms with E-state index in [4.69, 9.17) is 16.3 Å². The van der Waals surface area contributed by atoms with E-state index in [-0.39, 0.29) is 34.2 Å². The number of halogens is 7. The van der Waals surface area contributed by atoms with Gasteiger partial charge in [-0.1, -0.05) is 17.7 Å². The van der Waals surface area contributed by atoms with Crippen LogP contribution in [-0.4, -0.2) is 34.1 Å². The first-order valence-electron chi connectivity index (χ1n) is 10.6. The van der Waals surface area contributed by atoms with Gasteiger partial charge in [0.1, 0.15) is 17.6 Å². The van der Waals surface area contributed by atoms with Gasteiger partial charge < -0.3 is 15.2 Å². The Morgan fingerprint density at radius 3 is 2.31 bits per heavy atom. The van der Waals surface area contributed by atoms with E-state index in [0.717, 1.165) is 22.9 Å². The number of piperidine rings is 1. The fourth-order valence-electron chi connectivity index (χ4n) is 4.01. The molecule has 0 atom stereocenters. The molecule has 4 rings (SSSR count). The molecule has 2 aromatic carbocycles. The lowest BCUT2D eigenvalue weighted by Gasteiger charge is -2.26. The van der Waals surface area contributed by atoms with Crippen molar-refractivity contribution in [3.8, 4) is 33.9 Å². The second kappa shape index (κ2) is 9.27. The summed E-state index contributed by atoms with van der Waals surface area (Å²) >= 11 is 5.76. The molecule has 1 aliphatic rings. The van der Waals surface area contributed by atoms with Crippen LogP contribution in [0.3, 0.4) is 0 Å². The smallest absolute Gasteiger partial charge is 0.435 e. The van der Waals surface area contributed by atoms with Crippen molar-refractivity contribution in [2.45, 2.75) is 31.3 Å². The summed E-state index contributed by atoms with van der Waals surface area (Å²) in [4.78, 5) is 0. The van der Waals surface area contributed by atoms with E-state index in [1.807, 2.05) is 0 Å². The Kier molecular flexibility index (Phi) is 6.67. The number of aromatic nitrogens is 2.